The first-order valence-corrected chi connectivity index (χ1v) is 6.24. The Morgan fingerprint density at radius 1 is 1.27 bits per heavy atom. The van der Waals surface area contributed by atoms with Crippen LogP contribution in [0.4, 0.5) is 0 Å². The molecule has 0 aromatic heterocycles. The smallest absolute Gasteiger partial charge is 0.0586 e. The van der Waals surface area contributed by atoms with Crippen molar-refractivity contribution in [1.29, 1.82) is 0 Å². The Morgan fingerprint density at radius 2 is 2.13 bits per heavy atom. The summed E-state index contributed by atoms with van der Waals surface area (Å²) in [7, 11) is 1.82. The van der Waals surface area contributed by atoms with Gasteiger partial charge < -0.3 is 9.84 Å². The summed E-state index contributed by atoms with van der Waals surface area (Å²) >= 11 is 0. The Kier molecular flexibility index (Phi) is 4.00. The lowest BCUT2D eigenvalue weighted by molar-refractivity contribution is 0.0166. The third-order valence-electron chi connectivity index (χ3n) is 4.03. The van der Waals surface area contributed by atoms with Crippen LogP contribution in [0.2, 0.25) is 0 Å². The Balaban J connectivity index is 1.91. The van der Waals surface area contributed by atoms with Crippen molar-refractivity contribution in [3.63, 3.8) is 0 Å². The van der Waals surface area contributed by atoms with Crippen LogP contribution >= 0.6 is 0 Å². The predicted octanol–water partition coefficient (Wildman–Crippen LogP) is 1.40. The minimum atomic E-state index is 0.328. The van der Waals surface area contributed by atoms with Crippen molar-refractivity contribution >= 4 is 0 Å². The minimum absolute atomic E-state index is 0.328. The SMILES string of the molecule is COC1CCCC(N2CCCC2CO)C1. The summed E-state index contributed by atoms with van der Waals surface area (Å²) in [4.78, 5) is 2.52. The van der Waals surface area contributed by atoms with Gasteiger partial charge in [0.15, 0.2) is 0 Å². The van der Waals surface area contributed by atoms with Gasteiger partial charge >= 0.3 is 0 Å². The van der Waals surface area contributed by atoms with E-state index in [-0.39, 0.29) is 0 Å². The maximum atomic E-state index is 9.32. The van der Waals surface area contributed by atoms with Crippen LogP contribution in [0.25, 0.3) is 0 Å². The first-order chi connectivity index (χ1) is 7.35. The highest BCUT2D eigenvalue weighted by molar-refractivity contribution is 4.88. The van der Waals surface area contributed by atoms with E-state index in [0.29, 0.717) is 24.8 Å². The van der Waals surface area contributed by atoms with Crippen LogP contribution in [-0.2, 0) is 4.74 Å². The lowest BCUT2D eigenvalue weighted by Crippen LogP contribution is -2.44. The van der Waals surface area contributed by atoms with E-state index in [0.717, 1.165) is 6.42 Å². The zero-order chi connectivity index (χ0) is 10.7. The molecule has 3 nitrogen and oxygen atoms in total. The second kappa shape index (κ2) is 5.28. The topological polar surface area (TPSA) is 32.7 Å². The molecular weight excluding hydrogens is 190 g/mol. The molecule has 0 spiro atoms. The van der Waals surface area contributed by atoms with Crippen molar-refractivity contribution in [3.05, 3.63) is 0 Å². The molecule has 15 heavy (non-hydrogen) atoms. The van der Waals surface area contributed by atoms with Gasteiger partial charge in [-0.25, -0.2) is 0 Å². The highest BCUT2D eigenvalue weighted by atomic mass is 16.5. The fraction of sp³-hybridized carbons (Fsp3) is 1.00. The number of hydrogen-bond acceptors (Lipinski definition) is 3. The molecular formula is C12H23NO2. The summed E-state index contributed by atoms with van der Waals surface area (Å²) in [5, 5.41) is 9.32. The highest BCUT2D eigenvalue weighted by Gasteiger charge is 2.33. The largest absolute Gasteiger partial charge is 0.395 e. The number of nitrogens with zero attached hydrogens (tertiary/aromatic N) is 1. The molecule has 1 heterocycles. The molecule has 1 aliphatic carbocycles. The van der Waals surface area contributed by atoms with Gasteiger partial charge in [0.2, 0.25) is 0 Å². The molecule has 2 fully saturated rings. The Morgan fingerprint density at radius 3 is 2.87 bits per heavy atom. The van der Waals surface area contributed by atoms with E-state index in [1.165, 1.54) is 38.6 Å². The van der Waals surface area contributed by atoms with Crippen LogP contribution < -0.4 is 0 Å². The number of likely N-dealkylation sites (tertiary alicyclic amines) is 1. The summed E-state index contributed by atoms with van der Waals surface area (Å²) < 4.78 is 5.46. The van der Waals surface area contributed by atoms with Gasteiger partial charge in [0.1, 0.15) is 0 Å². The van der Waals surface area contributed by atoms with Gasteiger partial charge in [-0.1, -0.05) is 0 Å². The molecule has 3 atom stereocenters. The Hall–Kier alpha value is -0.120. The number of hydrogen-bond donors (Lipinski definition) is 1. The minimum Gasteiger partial charge on any atom is -0.395 e. The number of methoxy groups -OCH3 is 1. The maximum Gasteiger partial charge on any atom is 0.0586 e. The van der Waals surface area contributed by atoms with Crippen molar-refractivity contribution in [2.45, 2.75) is 56.7 Å². The zero-order valence-corrected chi connectivity index (χ0v) is 9.69. The van der Waals surface area contributed by atoms with Crippen LogP contribution in [0.5, 0.6) is 0 Å². The lowest BCUT2D eigenvalue weighted by Gasteiger charge is -2.37. The van der Waals surface area contributed by atoms with Crippen LogP contribution in [0.1, 0.15) is 38.5 Å². The van der Waals surface area contributed by atoms with Gasteiger partial charge in [-0.05, 0) is 45.1 Å². The van der Waals surface area contributed by atoms with Crippen molar-refractivity contribution in [1.82, 2.24) is 4.90 Å². The molecule has 0 aromatic carbocycles. The van der Waals surface area contributed by atoms with Gasteiger partial charge in [0.05, 0.1) is 12.7 Å². The Labute approximate surface area is 92.4 Å². The number of aliphatic hydroxyl groups excluding tert-OH is 1. The molecule has 1 saturated heterocycles. The number of ether oxygens (including phenoxy) is 1. The third-order valence-corrected chi connectivity index (χ3v) is 4.03. The van der Waals surface area contributed by atoms with E-state index in [1.54, 1.807) is 0 Å². The Bertz CT molecular complexity index is 198. The second-order valence-corrected chi connectivity index (χ2v) is 4.89. The van der Waals surface area contributed by atoms with E-state index in [9.17, 15) is 5.11 Å². The molecule has 88 valence electrons. The molecule has 2 rings (SSSR count). The molecule has 2 aliphatic rings. The second-order valence-electron chi connectivity index (χ2n) is 4.89. The monoisotopic (exact) mass is 213 g/mol. The summed E-state index contributed by atoms with van der Waals surface area (Å²) in [6.45, 7) is 1.50. The van der Waals surface area contributed by atoms with Gasteiger partial charge in [-0.3, -0.25) is 4.90 Å². The van der Waals surface area contributed by atoms with Crippen LogP contribution in [0.3, 0.4) is 0 Å². The molecule has 1 saturated carbocycles. The maximum absolute atomic E-state index is 9.32. The summed E-state index contributed by atoms with van der Waals surface area (Å²) in [6.07, 6.45) is 7.80. The van der Waals surface area contributed by atoms with E-state index in [1.807, 2.05) is 7.11 Å². The molecule has 3 heteroatoms. The van der Waals surface area contributed by atoms with E-state index >= 15 is 0 Å². The molecule has 0 bridgehead atoms. The summed E-state index contributed by atoms with van der Waals surface area (Å²) in [5.74, 6) is 0. The van der Waals surface area contributed by atoms with Crippen LogP contribution in [0.15, 0.2) is 0 Å². The van der Waals surface area contributed by atoms with Gasteiger partial charge in [-0.2, -0.15) is 0 Å². The molecule has 0 amide bonds. The van der Waals surface area contributed by atoms with Crippen molar-refractivity contribution in [2.75, 3.05) is 20.3 Å². The van der Waals surface area contributed by atoms with E-state index in [4.69, 9.17) is 4.74 Å². The normalized spacial score (nSPS) is 38.4. The van der Waals surface area contributed by atoms with Gasteiger partial charge in [-0.15, -0.1) is 0 Å². The fourth-order valence-electron chi connectivity index (χ4n) is 3.17. The zero-order valence-electron chi connectivity index (χ0n) is 9.69. The van der Waals surface area contributed by atoms with E-state index < -0.39 is 0 Å². The predicted molar refractivity (Wildman–Crippen MR) is 59.9 cm³/mol. The molecule has 3 unspecified atom stereocenters. The molecule has 1 aliphatic heterocycles. The summed E-state index contributed by atoms with van der Waals surface area (Å²) in [6, 6.07) is 1.08. The molecule has 0 radical (unpaired) electrons. The van der Waals surface area contributed by atoms with Crippen LogP contribution in [-0.4, -0.2) is 48.5 Å². The average molecular weight is 213 g/mol. The standard InChI is InChI=1S/C12H23NO2/c1-15-12-6-2-4-10(8-12)13-7-3-5-11(13)9-14/h10-12,14H,2-9H2,1H3. The third kappa shape index (κ3) is 2.52. The fourth-order valence-corrected chi connectivity index (χ4v) is 3.17. The molecule has 1 N–H and O–H groups in total. The first kappa shape index (κ1) is 11.4. The summed E-state index contributed by atoms with van der Waals surface area (Å²) in [5.41, 5.74) is 0. The van der Waals surface area contributed by atoms with Gasteiger partial charge in [0, 0.05) is 19.2 Å². The average Bonchev–Trinajstić information content (AvgIpc) is 2.77. The lowest BCUT2D eigenvalue weighted by atomic mass is 9.91. The number of aliphatic hydroxyl groups is 1. The highest BCUT2D eigenvalue weighted by Crippen LogP contribution is 2.30. The first-order valence-electron chi connectivity index (χ1n) is 6.24. The quantitative estimate of drug-likeness (QED) is 0.769. The molecule has 0 aromatic rings. The van der Waals surface area contributed by atoms with Crippen LogP contribution in [0, 0.1) is 0 Å². The van der Waals surface area contributed by atoms with Crippen molar-refractivity contribution in [2.24, 2.45) is 0 Å². The van der Waals surface area contributed by atoms with Crippen molar-refractivity contribution in [3.8, 4) is 0 Å². The van der Waals surface area contributed by atoms with Gasteiger partial charge in [0.25, 0.3) is 0 Å². The van der Waals surface area contributed by atoms with E-state index in [2.05, 4.69) is 4.90 Å². The number of rotatable bonds is 3. The van der Waals surface area contributed by atoms with Crippen molar-refractivity contribution < 1.29 is 9.84 Å².